The fraction of sp³-hybridized carbons (Fsp3) is 0.524. The molecule has 2 aromatic heterocycles. The Morgan fingerprint density at radius 1 is 1.10 bits per heavy atom. The quantitative estimate of drug-likeness (QED) is 0.511. The van der Waals surface area contributed by atoms with Gasteiger partial charge in [-0.25, -0.2) is 0 Å². The monoisotopic (exact) mass is 414 g/mol. The zero-order valence-electron chi connectivity index (χ0n) is 18.3. The van der Waals surface area contributed by atoms with E-state index >= 15 is 0 Å². The van der Waals surface area contributed by atoms with E-state index in [1.54, 1.807) is 11.8 Å². The van der Waals surface area contributed by atoms with Gasteiger partial charge in [0.25, 0.3) is 0 Å². The van der Waals surface area contributed by atoms with Gasteiger partial charge in [0, 0.05) is 36.8 Å². The molecule has 7 nitrogen and oxygen atoms in total. The van der Waals surface area contributed by atoms with Crippen LogP contribution in [0.5, 0.6) is 0 Å². The standard InChI is InChI=1S/C21H30N6OS/c1-8-27(9-2)16-12-10-15(11-13-16)17-23-24-20(26(17)7)29-14(3)18-22-19(25-28-18)21(4,5)6/h10-14H,8-9H2,1-7H3/t14-/m0/s1. The molecule has 0 saturated carbocycles. The summed E-state index contributed by atoms with van der Waals surface area (Å²) < 4.78 is 7.48. The van der Waals surface area contributed by atoms with Gasteiger partial charge >= 0.3 is 0 Å². The maximum atomic E-state index is 5.47. The molecule has 0 unspecified atom stereocenters. The summed E-state index contributed by atoms with van der Waals surface area (Å²) in [6.45, 7) is 14.6. The first kappa shape index (κ1) is 21.4. The topological polar surface area (TPSA) is 72.9 Å². The minimum atomic E-state index is -0.138. The molecule has 1 atom stereocenters. The van der Waals surface area contributed by atoms with E-state index in [-0.39, 0.29) is 10.7 Å². The second-order valence-corrected chi connectivity index (χ2v) is 9.36. The Hall–Kier alpha value is -2.35. The highest BCUT2D eigenvalue weighted by molar-refractivity contribution is 7.99. The van der Waals surface area contributed by atoms with Gasteiger partial charge in [0.05, 0.1) is 5.25 Å². The van der Waals surface area contributed by atoms with Crippen LogP contribution >= 0.6 is 11.8 Å². The number of nitrogens with zero attached hydrogens (tertiary/aromatic N) is 6. The first-order valence-corrected chi connectivity index (χ1v) is 10.9. The van der Waals surface area contributed by atoms with Crippen LogP contribution in [0, 0.1) is 0 Å². The second-order valence-electron chi connectivity index (χ2n) is 8.05. The normalized spacial score (nSPS) is 12.9. The van der Waals surface area contributed by atoms with Crippen molar-refractivity contribution in [1.29, 1.82) is 0 Å². The number of aromatic nitrogens is 5. The minimum absolute atomic E-state index is 0.0145. The highest BCUT2D eigenvalue weighted by atomic mass is 32.2. The molecule has 8 heteroatoms. The first-order valence-electron chi connectivity index (χ1n) is 10.00. The lowest BCUT2D eigenvalue weighted by molar-refractivity contribution is 0.364. The molecule has 0 fully saturated rings. The van der Waals surface area contributed by atoms with Crippen molar-refractivity contribution in [2.24, 2.45) is 7.05 Å². The average molecular weight is 415 g/mol. The van der Waals surface area contributed by atoms with Crippen LogP contribution in [-0.2, 0) is 12.5 Å². The molecule has 0 aliphatic rings. The Morgan fingerprint density at radius 2 is 1.76 bits per heavy atom. The van der Waals surface area contributed by atoms with Crippen molar-refractivity contribution in [3.05, 3.63) is 36.0 Å². The van der Waals surface area contributed by atoms with Gasteiger partial charge in [-0.15, -0.1) is 10.2 Å². The Balaban J connectivity index is 1.76. The molecule has 2 heterocycles. The van der Waals surface area contributed by atoms with Crippen LogP contribution < -0.4 is 4.90 Å². The predicted octanol–water partition coefficient (Wildman–Crippen LogP) is 4.86. The first-order chi connectivity index (χ1) is 13.7. The van der Waals surface area contributed by atoms with E-state index in [0.717, 1.165) is 29.6 Å². The molecule has 0 saturated heterocycles. The van der Waals surface area contributed by atoms with Crippen LogP contribution in [0.3, 0.4) is 0 Å². The molecule has 0 spiro atoms. The Morgan fingerprint density at radius 3 is 2.31 bits per heavy atom. The fourth-order valence-electron chi connectivity index (χ4n) is 2.99. The summed E-state index contributed by atoms with van der Waals surface area (Å²) in [6.07, 6.45) is 0. The summed E-state index contributed by atoms with van der Waals surface area (Å²) in [4.78, 5) is 6.87. The van der Waals surface area contributed by atoms with Crippen molar-refractivity contribution in [3.8, 4) is 11.4 Å². The molecule has 3 aromatic rings. The Bertz CT molecular complexity index is 937. The van der Waals surface area contributed by atoms with E-state index in [4.69, 9.17) is 4.52 Å². The van der Waals surface area contributed by atoms with Crippen LogP contribution in [0.1, 0.15) is 58.5 Å². The number of rotatable bonds is 7. The van der Waals surface area contributed by atoms with Crippen molar-refractivity contribution in [3.63, 3.8) is 0 Å². The SMILES string of the molecule is CCN(CC)c1ccc(-c2nnc(S[C@@H](C)c3nc(C(C)(C)C)no3)n2C)cc1. The molecule has 3 rings (SSSR count). The van der Waals surface area contributed by atoms with Crippen molar-refractivity contribution in [1.82, 2.24) is 24.9 Å². The number of thioether (sulfide) groups is 1. The lowest BCUT2D eigenvalue weighted by Gasteiger charge is -2.21. The third-order valence-corrected chi connectivity index (χ3v) is 5.95. The maximum absolute atomic E-state index is 5.47. The maximum Gasteiger partial charge on any atom is 0.239 e. The Kier molecular flexibility index (Phi) is 6.31. The van der Waals surface area contributed by atoms with Crippen LogP contribution in [0.15, 0.2) is 33.9 Å². The zero-order chi connectivity index (χ0) is 21.2. The fourth-order valence-corrected chi connectivity index (χ4v) is 3.84. The molecular weight excluding hydrogens is 384 g/mol. The predicted molar refractivity (Wildman–Crippen MR) is 117 cm³/mol. The van der Waals surface area contributed by atoms with Crippen molar-refractivity contribution >= 4 is 17.4 Å². The molecule has 0 radical (unpaired) electrons. The van der Waals surface area contributed by atoms with E-state index in [0.29, 0.717) is 11.7 Å². The Labute approximate surface area is 176 Å². The van der Waals surface area contributed by atoms with Crippen molar-refractivity contribution < 1.29 is 4.52 Å². The molecule has 29 heavy (non-hydrogen) atoms. The summed E-state index contributed by atoms with van der Waals surface area (Å²) in [5.41, 5.74) is 2.12. The summed E-state index contributed by atoms with van der Waals surface area (Å²) >= 11 is 1.56. The van der Waals surface area contributed by atoms with Crippen LogP contribution in [0.25, 0.3) is 11.4 Å². The third kappa shape index (κ3) is 4.63. The average Bonchev–Trinajstić information content (AvgIpc) is 3.31. The lowest BCUT2D eigenvalue weighted by atomic mass is 9.96. The molecule has 0 bridgehead atoms. The summed E-state index contributed by atoms with van der Waals surface area (Å²) in [5, 5.41) is 13.7. The highest BCUT2D eigenvalue weighted by Gasteiger charge is 2.25. The largest absolute Gasteiger partial charge is 0.372 e. The van der Waals surface area contributed by atoms with Gasteiger partial charge in [0.2, 0.25) is 5.89 Å². The van der Waals surface area contributed by atoms with Gasteiger partial charge < -0.3 is 14.0 Å². The van der Waals surface area contributed by atoms with Gasteiger partial charge in [0.15, 0.2) is 16.8 Å². The molecule has 0 aliphatic heterocycles. The minimum Gasteiger partial charge on any atom is -0.372 e. The number of hydrogen-bond acceptors (Lipinski definition) is 7. The molecule has 0 amide bonds. The van der Waals surface area contributed by atoms with Crippen LogP contribution in [-0.4, -0.2) is 38.0 Å². The van der Waals surface area contributed by atoms with E-state index in [2.05, 4.69) is 84.1 Å². The van der Waals surface area contributed by atoms with Gasteiger partial charge in [-0.2, -0.15) is 4.98 Å². The van der Waals surface area contributed by atoms with Crippen LogP contribution in [0.2, 0.25) is 0 Å². The van der Waals surface area contributed by atoms with E-state index in [1.807, 2.05) is 18.5 Å². The smallest absolute Gasteiger partial charge is 0.239 e. The van der Waals surface area contributed by atoms with E-state index < -0.39 is 0 Å². The van der Waals surface area contributed by atoms with E-state index in [9.17, 15) is 0 Å². The third-order valence-electron chi connectivity index (χ3n) is 4.83. The van der Waals surface area contributed by atoms with Gasteiger partial charge in [-0.1, -0.05) is 37.7 Å². The van der Waals surface area contributed by atoms with Crippen molar-refractivity contribution in [2.45, 2.75) is 57.4 Å². The van der Waals surface area contributed by atoms with E-state index in [1.165, 1.54) is 5.69 Å². The molecular formula is C21H30N6OS. The van der Waals surface area contributed by atoms with Crippen molar-refractivity contribution in [2.75, 3.05) is 18.0 Å². The summed E-state index contributed by atoms with van der Waals surface area (Å²) in [6, 6.07) is 8.48. The molecule has 0 aliphatic carbocycles. The zero-order valence-corrected chi connectivity index (χ0v) is 19.1. The molecule has 1 aromatic carbocycles. The number of anilines is 1. The van der Waals surface area contributed by atoms with Crippen LogP contribution in [0.4, 0.5) is 5.69 Å². The van der Waals surface area contributed by atoms with Gasteiger partial charge in [-0.05, 0) is 45.0 Å². The molecule has 156 valence electrons. The summed E-state index contributed by atoms with van der Waals surface area (Å²) in [7, 11) is 1.98. The number of benzene rings is 1. The highest BCUT2D eigenvalue weighted by Crippen LogP contribution is 2.35. The van der Waals surface area contributed by atoms with Gasteiger partial charge in [0.1, 0.15) is 0 Å². The lowest BCUT2D eigenvalue weighted by Crippen LogP contribution is -2.21. The number of hydrogen-bond donors (Lipinski definition) is 0. The second kappa shape index (κ2) is 8.57. The van der Waals surface area contributed by atoms with Gasteiger partial charge in [-0.3, -0.25) is 0 Å². The molecule has 0 N–H and O–H groups in total. The summed E-state index contributed by atoms with van der Waals surface area (Å²) in [5.74, 6) is 2.16.